The van der Waals surface area contributed by atoms with Crippen molar-refractivity contribution in [1.82, 2.24) is 9.80 Å². The summed E-state index contributed by atoms with van der Waals surface area (Å²) in [6.45, 7) is 0.940. The highest BCUT2D eigenvalue weighted by molar-refractivity contribution is 5.85. The third-order valence-electron chi connectivity index (χ3n) is 3.54. The molecule has 4 nitrogen and oxygen atoms in total. The molecule has 1 fully saturated rings. The first-order valence-electron chi connectivity index (χ1n) is 6.83. The predicted octanol–water partition coefficient (Wildman–Crippen LogP) is 1.80. The van der Waals surface area contributed by atoms with Gasteiger partial charge < -0.3 is 9.80 Å². The minimum Gasteiger partial charge on any atom is -0.340 e. The lowest BCUT2D eigenvalue weighted by Crippen LogP contribution is -2.43. The van der Waals surface area contributed by atoms with E-state index < -0.39 is 0 Å². The van der Waals surface area contributed by atoms with Gasteiger partial charge >= 0.3 is 0 Å². The van der Waals surface area contributed by atoms with Gasteiger partial charge in [0.05, 0.1) is 6.54 Å². The molecule has 0 atom stereocenters. The van der Waals surface area contributed by atoms with Gasteiger partial charge in [0.15, 0.2) is 0 Å². The zero-order valence-electron chi connectivity index (χ0n) is 11.6. The first-order chi connectivity index (χ1) is 9.58. The summed E-state index contributed by atoms with van der Waals surface area (Å²) in [4.78, 5) is 26.8. The van der Waals surface area contributed by atoms with E-state index in [-0.39, 0.29) is 30.7 Å². The molecule has 108 valence electrons. The number of halogens is 1. The molecule has 0 radical (unpaired) electrons. The lowest BCUT2D eigenvalue weighted by Gasteiger charge is -2.28. The monoisotopic (exact) mass is 278 g/mol. The molecule has 0 N–H and O–H groups in total. The van der Waals surface area contributed by atoms with E-state index in [9.17, 15) is 14.0 Å². The standard InChI is InChI=1S/C15H19FN2O2/c1-17(10-12-6-2-3-7-13(12)16)15(20)11-18-9-5-4-8-14(18)19/h2-3,6-7H,4-5,8-11H2,1H3. The van der Waals surface area contributed by atoms with Crippen LogP contribution in [0.3, 0.4) is 0 Å². The second-order valence-electron chi connectivity index (χ2n) is 5.11. The summed E-state index contributed by atoms with van der Waals surface area (Å²) < 4.78 is 13.5. The molecule has 1 aliphatic rings. The normalized spacial score (nSPS) is 15.3. The van der Waals surface area contributed by atoms with Crippen molar-refractivity contribution >= 4 is 11.8 Å². The second kappa shape index (κ2) is 6.50. The van der Waals surface area contributed by atoms with E-state index in [0.29, 0.717) is 18.5 Å². The summed E-state index contributed by atoms with van der Waals surface area (Å²) >= 11 is 0. The van der Waals surface area contributed by atoms with Gasteiger partial charge in [0, 0.05) is 32.1 Å². The van der Waals surface area contributed by atoms with Crippen LogP contribution >= 0.6 is 0 Å². The maximum Gasteiger partial charge on any atom is 0.242 e. The molecular weight excluding hydrogens is 259 g/mol. The Labute approximate surface area is 118 Å². The topological polar surface area (TPSA) is 40.6 Å². The number of rotatable bonds is 4. The second-order valence-corrected chi connectivity index (χ2v) is 5.11. The Hall–Kier alpha value is -1.91. The molecule has 1 heterocycles. The number of benzene rings is 1. The largest absolute Gasteiger partial charge is 0.340 e. The van der Waals surface area contributed by atoms with Crippen LogP contribution in [0, 0.1) is 5.82 Å². The fourth-order valence-electron chi connectivity index (χ4n) is 2.28. The van der Waals surface area contributed by atoms with Gasteiger partial charge in [0.2, 0.25) is 11.8 Å². The minimum atomic E-state index is -0.318. The number of likely N-dealkylation sites (tertiary alicyclic amines) is 1. The smallest absolute Gasteiger partial charge is 0.242 e. The number of carbonyl (C=O) groups excluding carboxylic acids is 2. The van der Waals surface area contributed by atoms with Crippen molar-refractivity contribution in [1.29, 1.82) is 0 Å². The Kier molecular flexibility index (Phi) is 4.71. The average Bonchev–Trinajstić information content (AvgIpc) is 2.43. The first-order valence-corrected chi connectivity index (χ1v) is 6.83. The van der Waals surface area contributed by atoms with Gasteiger partial charge in [-0.1, -0.05) is 18.2 Å². The molecule has 0 saturated carbocycles. The summed E-state index contributed by atoms with van der Waals surface area (Å²) in [5.74, 6) is -0.450. The van der Waals surface area contributed by atoms with Crippen LogP contribution in [0.15, 0.2) is 24.3 Å². The van der Waals surface area contributed by atoms with Crippen molar-refractivity contribution in [3.8, 4) is 0 Å². The Bertz CT molecular complexity index is 504. The predicted molar refractivity (Wildman–Crippen MR) is 73.3 cm³/mol. The number of likely N-dealkylation sites (N-methyl/N-ethyl adjacent to an activating group) is 1. The maximum absolute atomic E-state index is 13.5. The van der Waals surface area contributed by atoms with Gasteiger partial charge in [-0.2, -0.15) is 0 Å². The van der Waals surface area contributed by atoms with Crippen LogP contribution in [0.1, 0.15) is 24.8 Å². The molecule has 2 rings (SSSR count). The molecule has 5 heteroatoms. The van der Waals surface area contributed by atoms with Crippen LogP contribution in [0.25, 0.3) is 0 Å². The van der Waals surface area contributed by atoms with Crippen molar-refractivity contribution in [2.24, 2.45) is 0 Å². The molecule has 1 aromatic carbocycles. The molecule has 2 amide bonds. The quantitative estimate of drug-likeness (QED) is 0.842. The van der Waals surface area contributed by atoms with Crippen molar-refractivity contribution in [3.05, 3.63) is 35.6 Å². The Morgan fingerprint density at radius 1 is 1.35 bits per heavy atom. The molecule has 20 heavy (non-hydrogen) atoms. The molecule has 0 bridgehead atoms. The van der Waals surface area contributed by atoms with E-state index >= 15 is 0 Å². The van der Waals surface area contributed by atoms with Crippen molar-refractivity contribution < 1.29 is 14.0 Å². The van der Waals surface area contributed by atoms with Crippen LogP contribution in [0.5, 0.6) is 0 Å². The van der Waals surface area contributed by atoms with E-state index in [2.05, 4.69) is 0 Å². The fourth-order valence-corrected chi connectivity index (χ4v) is 2.28. The molecule has 0 spiro atoms. The molecule has 1 saturated heterocycles. The van der Waals surface area contributed by atoms with Crippen molar-refractivity contribution in [2.45, 2.75) is 25.8 Å². The van der Waals surface area contributed by atoms with Gasteiger partial charge in [-0.3, -0.25) is 9.59 Å². The SMILES string of the molecule is CN(Cc1ccccc1F)C(=O)CN1CCCCC1=O. The number of hydrogen-bond acceptors (Lipinski definition) is 2. The zero-order chi connectivity index (χ0) is 14.5. The number of piperidine rings is 1. The van der Waals surface area contributed by atoms with E-state index in [1.165, 1.54) is 11.0 Å². The number of nitrogens with zero attached hydrogens (tertiary/aromatic N) is 2. The highest BCUT2D eigenvalue weighted by atomic mass is 19.1. The van der Waals surface area contributed by atoms with Gasteiger partial charge in [-0.05, 0) is 18.9 Å². The summed E-state index contributed by atoms with van der Waals surface area (Å²) in [7, 11) is 1.63. The van der Waals surface area contributed by atoms with E-state index in [1.807, 2.05) is 0 Å². The van der Waals surface area contributed by atoms with Gasteiger partial charge in [0.25, 0.3) is 0 Å². The number of hydrogen-bond donors (Lipinski definition) is 0. The average molecular weight is 278 g/mol. The fraction of sp³-hybridized carbons (Fsp3) is 0.467. The molecule has 0 unspecified atom stereocenters. The van der Waals surface area contributed by atoms with Gasteiger partial charge in [-0.25, -0.2) is 4.39 Å². The summed E-state index contributed by atoms with van der Waals surface area (Å²) in [6, 6.07) is 6.39. The van der Waals surface area contributed by atoms with Gasteiger partial charge in [0.1, 0.15) is 5.82 Å². The third kappa shape index (κ3) is 3.56. The van der Waals surface area contributed by atoms with Crippen LogP contribution in [-0.2, 0) is 16.1 Å². The van der Waals surface area contributed by atoms with E-state index in [4.69, 9.17) is 0 Å². The summed E-state index contributed by atoms with van der Waals surface area (Å²) in [5, 5.41) is 0. The molecule has 1 aliphatic heterocycles. The Balaban J connectivity index is 1.92. The van der Waals surface area contributed by atoms with Crippen LogP contribution < -0.4 is 0 Å². The zero-order valence-corrected chi connectivity index (χ0v) is 11.6. The molecule has 0 aromatic heterocycles. The first kappa shape index (κ1) is 14.5. The highest BCUT2D eigenvalue weighted by Gasteiger charge is 2.22. The summed E-state index contributed by atoms with van der Waals surface area (Å²) in [5.41, 5.74) is 0.480. The lowest BCUT2D eigenvalue weighted by molar-refractivity contribution is -0.141. The lowest BCUT2D eigenvalue weighted by atomic mass is 10.1. The van der Waals surface area contributed by atoms with E-state index in [0.717, 1.165) is 12.8 Å². The minimum absolute atomic E-state index is 0.0314. The van der Waals surface area contributed by atoms with Crippen LogP contribution in [0.2, 0.25) is 0 Å². The number of amides is 2. The van der Waals surface area contributed by atoms with Crippen LogP contribution in [0.4, 0.5) is 4.39 Å². The third-order valence-corrected chi connectivity index (χ3v) is 3.54. The summed E-state index contributed by atoms with van der Waals surface area (Å²) in [6.07, 6.45) is 2.36. The Morgan fingerprint density at radius 2 is 2.10 bits per heavy atom. The highest BCUT2D eigenvalue weighted by Crippen LogP contribution is 2.12. The van der Waals surface area contributed by atoms with Gasteiger partial charge in [-0.15, -0.1) is 0 Å². The molecule has 0 aliphatic carbocycles. The van der Waals surface area contributed by atoms with Crippen molar-refractivity contribution in [2.75, 3.05) is 20.1 Å². The van der Waals surface area contributed by atoms with Crippen LogP contribution in [-0.4, -0.2) is 41.8 Å². The number of carbonyl (C=O) groups is 2. The van der Waals surface area contributed by atoms with Crippen molar-refractivity contribution in [3.63, 3.8) is 0 Å². The molecule has 1 aromatic rings. The van der Waals surface area contributed by atoms with E-state index in [1.54, 1.807) is 30.1 Å². The Morgan fingerprint density at radius 3 is 2.80 bits per heavy atom. The maximum atomic E-state index is 13.5. The molecular formula is C15H19FN2O2.